The number of likely N-dealkylation sites (N-methyl/N-ethyl adjacent to an activating group) is 1. The third kappa shape index (κ3) is 48.8. The molecule has 8 heteroatoms. The molecule has 0 aliphatic heterocycles. The van der Waals surface area contributed by atoms with Crippen LogP contribution >= 0.6 is 0 Å². The van der Waals surface area contributed by atoms with Crippen LogP contribution in [0.3, 0.4) is 0 Å². The summed E-state index contributed by atoms with van der Waals surface area (Å²) in [5, 5.41) is 9.67. The van der Waals surface area contributed by atoms with Crippen molar-refractivity contribution >= 4 is 17.9 Å². The van der Waals surface area contributed by atoms with Gasteiger partial charge in [0.25, 0.3) is 0 Å². The van der Waals surface area contributed by atoms with Crippen LogP contribution in [0.1, 0.15) is 206 Å². The molecular weight excluding hydrogens is 859 g/mol. The average molecular weight is 961 g/mol. The van der Waals surface area contributed by atoms with Crippen LogP contribution in [0.4, 0.5) is 0 Å². The highest BCUT2D eigenvalue weighted by atomic mass is 16.6. The number of rotatable bonds is 48. The third-order valence-corrected chi connectivity index (χ3v) is 11.7. The summed E-state index contributed by atoms with van der Waals surface area (Å²) < 4.78 is 17.4. The maximum atomic E-state index is 12.8. The molecule has 0 saturated heterocycles. The van der Waals surface area contributed by atoms with Gasteiger partial charge in [-0.25, -0.2) is 4.79 Å². The molecule has 0 saturated carbocycles. The van der Waals surface area contributed by atoms with Crippen LogP contribution in [-0.2, 0) is 28.6 Å². The fraction of sp³-hybridized carbons (Fsp3) is 0.656. The van der Waals surface area contributed by atoms with Gasteiger partial charge in [-0.15, -0.1) is 0 Å². The maximum absolute atomic E-state index is 12.8. The van der Waals surface area contributed by atoms with Crippen LogP contribution in [0, 0.1) is 0 Å². The molecule has 0 aromatic rings. The molecule has 392 valence electrons. The number of carbonyl (C=O) groups is 3. The quantitative estimate of drug-likeness (QED) is 0.0281. The van der Waals surface area contributed by atoms with E-state index in [1.807, 2.05) is 21.1 Å². The Kier molecular flexibility index (Phi) is 47.5. The number of carbonyl (C=O) groups excluding carboxylic acids is 2. The van der Waals surface area contributed by atoms with Crippen molar-refractivity contribution in [3.8, 4) is 0 Å². The molecule has 0 aliphatic carbocycles. The van der Waals surface area contributed by atoms with Crippen molar-refractivity contribution in [1.29, 1.82) is 0 Å². The van der Waals surface area contributed by atoms with Gasteiger partial charge < -0.3 is 23.8 Å². The van der Waals surface area contributed by atoms with E-state index in [1.165, 1.54) is 70.6 Å². The molecule has 1 N–H and O–H groups in total. The highest BCUT2D eigenvalue weighted by molar-refractivity contribution is 5.72. The predicted molar refractivity (Wildman–Crippen MR) is 293 cm³/mol. The highest BCUT2D eigenvalue weighted by Crippen LogP contribution is 2.15. The van der Waals surface area contributed by atoms with Gasteiger partial charge in [-0.1, -0.05) is 200 Å². The van der Waals surface area contributed by atoms with Gasteiger partial charge in [-0.2, -0.15) is 0 Å². The molecule has 0 rings (SSSR count). The smallest absolute Gasteiger partial charge is 0.362 e. The standard InChI is InChI=1S/C61H101NO7/c1-6-8-10-12-14-16-18-20-22-24-26-28-30-32-34-36-38-40-42-44-46-48-50-52-60(64)69-57(55-67-54-53-58(61(65)66)62(3,4)5)56-68-59(63)51-49-47-45-43-41-39-37-35-33-31-29-27-25-23-21-19-17-15-13-11-9-7-2/h8-11,14-17,20-23,27,29,33,35,39,41,57-58H,6-7,12-13,18-19,24-26,28,30-32,34,36-38,40,42-56H2,1-5H3/p+1/b10-8+,11-9+,16-14+,17-15+,22-20+,23-21+,29-27+,35-33+,41-39+. The molecule has 0 spiro atoms. The van der Waals surface area contributed by atoms with E-state index >= 15 is 0 Å². The van der Waals surface area contributed by atoms with E-state index in [2.05, 4.69) is 123 Å². The average Bonchev–Trinajstić information content (AvgIpc) is 3.31. The summed E-state index contributed by atoms with van der Waals surface area (Å²) in [5.41, 5.74) is 0. The summed E-state index contributed by atoms with van der Waals surface area (Å²) in [6.45, 7) is 4.48. The molecule has 2 unspecified atom stereocenters. The first-order valence-corrected chi connectivity index (χ1v) is 27.4. The number of quaternary nitrogens is 1. The minimum Gasteiger partial charge on any atom is -0.477 e. The molecule has 8 nitrogen and oxygen atoms in total. The third-order valence-electron chi connectivity index (χ3n) is 11.7. The van der Waals surface area contributed by atoms with Gasteiger partial charge in [0.1, 0.15) is 6.61 Å². The van der Waals surface area contributed by atoms with Gasteiger partial charge in [0, 0.05) is 19.3 Å². The first-order chi connectivity index (χ1) is 33.6. The number of hydrogen-bond donors (Lipinski definition) is 1. The molecule has 0 bridgehead atoms. The Morgan fingerprint density at radius 3 is 1.14 bits per heavy atom. The van der Waals surface area contributed by atoms with Gasteiger partial charge in [-0.05, 0) is 96.3 Å². The Labute approximate surface area is 423 Å². The summed E-state index contributed by atoms with van der Waals surface area (Å²) in [4.78, 5) is 37.3. The normalized spacial score (nSPS) is 13.7. The van der Waals surface area contributed by atoms with E-state index in [1.54, 1.807) is 0 Å². The number of ether oxygens (including phenoxy) is 3. The SMILES string of the molecule is CC/C=C/C/C=C/C/C=C/C/C=C/C/C=C/C/C=C/CCCCCC(=O)OCC(COCCC(C(=O)O)[N+](C)(C)C)OC(=O)CCCCCCCCCCCCCCC/C=C/C/C=C/C/C=C/CC. The fourth-order valence-corrected chi connectivity index (χ4v) is 7.52. The lowest BCUT2D eigenvalue weighted by Gasteiger charge is -2.31. The summed E-state index contributed by atoms with van der Waals surface area (Å²) in [7, 11) is 5.52. The molecular formula is C61H102NO7+. The van der Waals surface area contributed by atoms with Crippen molar-refractivity contribution in [3.05, 3.63) is 109 Å². The lowest BCUT2D eigenvalue weighted by molar-refractivity contribution is -0.887. The Hall–Kier alpha value is -4.01. The van der Waals surface area contributed by atoms with Crippen LogP contribution in [-0.4, -0.2) is 80.6 Å². The molecule has 0 aromatic carbocycles. The monoisotopic (exact) mass is 961 g/mol. The zero-order chi connectivity index (χ0) is 50.6. The van der Waals surface area contributed by atoms with E-state index in [0.717, 1.165) is 103 Å². The summed E-state index contributed by atoms with van der Waals surface area (Å²) >= 11 is 0. The van der Waals surface area contributed by atoms with Crippen LogP contribution < -0.4 is 0 Å². The van der Waals surface area contributed by atoms with Crippen molar-refractivity contribution in [2.24, 2.45) is 0 Å². The first-order valence-electron chi connectivity index (χ1n) is 27.4. The highest BCUT2D eigenvalue weighted by Gasteiger charge is 2.31. The van der Waals surface area contributed by atoms with Crippen molar-refractivity contribution in [3.63, 3.8) is 0 Å². The molecule has 0 fully saturated rings. The lowest BCUT2D eigenvalue weighted by atomic mass is 10.0. The number of carboxylic acids is 1. The van der Waals surface area contributed by atoms with Gasteiger partial charge in [0.2, 0.25) is 0 Å². The molecule has 0 heterocycles. The maximum Gasteiger partial charge on any atom is 0.362 e. The van der Waals surface area contributed by atoms with Crippen LogP contribution in [0.25, 0.3) is 0 Å². The number of unbranched alkanes of at least 4 members (excludes halogenated alkanes) is 16. The predicted octanol–water partition coefficient (Wildman–Crippen LogP) is 16.4. The Bertz CT molecular complexity index is 1490. The second kappa shape index (κ2) is 50.4. The first kappa shape index (κ1) is 65.0. The second-order valence-corrected chi connectivity index (χ2v) is 19.1. The number of allylic oxidation sites excluding steroid dienone is 18. The number of esters is 2. The van der Waals surface area contributed by atoms with Crippen LogP contribution in [0.5, 0.6) is 0 Å². The van der Waals surface area contributed by atoms with Gasteiger partial charge >= 0.3 is 17.9 Å². The fourth-order valence-electron chi connectivity index (χ4n) is 7.52. The summed E-state index contributed by atoms with van der Waals surface area (Å²) in [5.74, 6) is -1.52. The van der Waals surface area contributed by atoms with Crippen LogP contribution in [0.15, 0.2) is 109 Å². The number of carboxylic acid groups (broad SMARTS) is 1. The molecule has 0 amide bonds. The van der Waals surface area contributed by atoms with E-state index < -0.39 is 18.1 Å². The van der Waals surface area contributed by atoms with E-state index in [4.69, 9.17) is 14.2 Å². The second-order valence-electron chi connectivity index (χ2n) is 19.1. The van der Waals surface area contributed by atoms with Crippen LogP contribution in [0.2, 0.25) is 0 Å². The molecule has 69 heavy (non-hydrogen) atoms. The summed E-state index contributed by atoms with van der Waals surface area (Å²) in [6.07, 6.45) is 70.0. The van der Waals surface area contributed by atoms with E-state index in [-0.39, 0.29) is 36.2 Å². The Morgan fingerprint density at radius 2 is 0.768 bits per heavy atom. The van der Waals surface area contributed by atoms with Crippen molar-refractivity contribution < 1.29 is 38.2 Å². The van der Waals surface area contributed by atoms with Gasteiger partial charge in [0.15, 0.2) is 12.1 Å². The van der Waals surface area contributed by atoms with E-state index in [9.17, 15) is 19.5 Å². The number of aliphatic carboxylic acids is 1. The van der Waals surface area contributed by atoms with Crippen molar-refractivity contribution in [2.75, 3.05) is 41.0 Å². The van der Waals surface area contributed by atoms with Gasteiger partial charge in [0.05, 0.1) is 34.4 Å². The largest absolute Gasteiger partial charge is 0.477 e. The van der Waals surface area contributed by atoms with Crippen molar-refractivity contribution in [1.82, 2.24) is 0 Å². The number of hydrogen-bond acceptors (Lipinski definition) is 6. The Morgan fingerprint density at radius 1 is 0.435 bits per heavy atom. The summed E-state index contributed by atoms with van der Waals surface area (Å²) in [6, 6.07) is -0.627. The minimum atomic E-state index is -0.883. The molecule has 0 radical (unpaired) electrons. The van der Waals surface area contributed by atoms with Crippen molar-refractivity contribution in [2.45, 2.75) is 219 Å². The molecule has 0 aromatic heterocycles. The molecule has 2 atom stereocenters. The Balaban J connectivity index is 4.28. The lowest BCUT2D eigenvalue weighted by Crippen LogP contribution is -2.50. The van der Waals surface area contributed by atoms with E-state index in [0.29, 0.717) is 19.3 Å². The zero-order valence-corrected chi connectivity index (χ0v) is 44.7. The topological polar surface area (TPSA) is 99.1 Å². The van der Waals surface area contributed by atoms with Gasteiger partial charge in [-0.3, -0.25) is 9.59 Å². The number of nitrogens with zero attached hydrogens (tertiary/aromatic N) is 1. The molecule has 0 aliphatic rings. The minimum absolute atomic E-state index is 0.0438. The zero-order valence-electron chi connectivity index (χ0n) is 44.7.